The molecule has 0 fully saturated rings. The van der Waals surface area contributed by atoms with Crippen LogP contribution in [0.1, 0.15) is 11.4 Å². The van der Waals surface area contributed by atoms with Crippen molar-refractivity contribution in [3.63, 3.8) is 0 Å². The van der Waals surface area contributed by atoms with Crippen molar-refractivity contribution in [2.24, 2.45) is 0 Å². The van der Waals surface area contributed by atoms with Gasteiger partial charge in [0.2, 0.25) is 5.82 Å². The van der Waals surface area contributed by atoms with E-state index < -0.39 is 11.2 Å². The summed E-state index contributed by atoms with van der Waals surface area (Å²) in [5.41, 5.74) is 4.18. The molecule has 0 bridgehead atoms. The van der Waals surface area contributed by atoms with E-state index in [0.29, 0.717) is 41.7 Å². The Bertz CT molecular complexity index is 1900. The van der Waals surface area contributed by atoms with E-state index >= 15 is 0 Å². The number of tetrazole rings is 1. The Morgan fingerprint density at radius 3 is 2.30 bits per heavy atom. The summed E-state index contributed by atoms with van der Waals surface area (Å²) in [5.74, 6) is 1.16. The van der Waals surface area contributed by atoms with Crippen LogP contribution in [0.15, 0.2) is 88.5 Å². The number of imidazole rings is 1. The third kappa shape index (κ3) is 4.41. The summed E-state index contributed by atoms with van der Waals surface area (Å²) < 4.78 is 9.82. The number of nitrogens with zero attached hydrogens (tertiary/aromatic N) is 7. The van der Waals surface area contributed by atoms with Crippen LogP contribution in [-0.4, -0.2) is 53.0 Å². The molecule has 11 heteroatoms. The first-order chi connectivity index (χ1) is 19.6. The number of nitrogens with one attached hydrogen (secondary N) is 1. The molecule has 0 amide bonds. The van der Waals surface area contributed by atoms with Crippen LogP contribution in [0.3, 0.4) is 0 Å². The quantitative estimate of drug-likeness (QED) is 0.318. The molecule has 0 radical (unpaired) electrons. The lowest BCUT2D eigenvalue weighted by Crippen LogP contribution is -2.40. The Labute approximate surface area is 228 Å². The molecule has 0 aliphatic carbocycles. The van der Waals surface area contributed by atoms with Gasteiger partial charge in [-0.25, -0.2) is 14.3 Å². The van der Waals surface area contributed by atoms with Crippen molar-refractivity contribution >= 4 is 11.2 Å². The molecule has 0 saturated carbocycles. The molecule has 3 heterocycles. The predicted molar refractivity (Wildman–Crippen MR) is 150 cm³/mol. The monoisotopic (exact) mass is 534 g/mol. The maximum absolute atomic E-state index is 13.8. The van der Waals surface area contributed by atoms with Gasteiger partial charge in [-0.15, -0.1) is 10.2 Å². The van der Waals surface area contributed by atoms with Crippen LogP contribution in [0.4, 0.5) is 0 Å². The summed E-state index contributed by atoms with van der Waals surface area (Å²) in [5, 5.41) is 14.4. The summed E-state index contributed by atoms with van der Waals surface area (Å²) in [6.07, 6.45) is 0. The summed E-state index contributed by atoms with van der Waals surface area (Å²) in [6, 6.07) is 24.9. The number of benzene rings is 3. The number of ether oxygens (including phenoxy) is 1. The van der Waals surface area contributed by atoms with Crippen LogP contribution in [-0.2, 0) is 17.8 Å². The number of aryl methyl sites for hydroxylation is 1. The van der Waals surface area contributed by atoms with Gasteiger partial charge in [0.05, 0.1) is 18.8 Å². The van der Waals surface area contributed by atoms with E-state index in [0.717, 1.165) is 22.3 Å². The second-order valence-electron chi connectivity index (χ2n) is 9.30. The molecule has 1 N–H and O–H groups in total. The third-order valence-corrected chi connectivity index (χ3v) is 6.88. The predicted octanol–water partition coefficient (Wildman–Crippen LogP) is 3.20. The highest BCUT2D eigenvalue weighted by atomic mass is 16.5. The molecule has 0 unspecified atom stereocenters. The van der Waals surface area contributed by atoms with Crippen molar-refractivity contribution in [1.82, 2.24) is 39.3 Å². The Kier molecular flexibility index (Phi) is 6.62. The average molecular weight is 535 g/mol. The Morgan fingerprint density at radius 2 is 1.60 bits per heavy atom. The summed E-state index contributed by atoms with van der Waals surface area (Å²) >= 11 is 0. The summed E-state index contributed by atoms with van der Waals surface area (Å²) in [6.45, 7) is 2.82. The Balaban J connectivity index is 1.43. The van der Waals surface area contributed by atoms with Crippen LogP contribution in [0, 0.1) is 6.92 Å². The van der Waals surface area contributed by atoms with Crippen molar-refractivity contribution in [2.45, 2.75) is 20.0 Å². The van der Waals surface area contributed by atoms with Crippen LogP contribution in [0.2, 0.25) is 0 Å². The van der Waals surface area contributed by atoms with E-state index in [9.17, 15) is 9.59 Å². The normalized spacial score (nSPS) is 11.3. The first-order valence-corrected chi connectivity index (χ1v) is 12.8. The molecule has 0 spiro atoms. The summed E-state index contributed by atoms with van der Waals surface area (Å²) in [4.78, 5) is 32.0. The second kappa shape index (κ2) is 10.5. The maximum atomic E-state index is 13.8. The fourth-order valence-corrected chi connectivity index (χ4v) is 4.91. The van der Waals surface area contributed by atoms with E-state index in [1.807, 2.05) is 66.1 Å². The highest BCUT2D eigenvalue weighted by Crippen LogP contribution is 2.30. The lowest BCUT2D eigenvalue weighted by molar-refractivity contribution is 0.186. The van der Waals surface area contributed by atoms with Gasteiger partial charge in [0.25, 0.3) is 5.56 Å². The highest BCUT2D eigenvalue weighted by Gasteiger charge is 2.21. The minimum absolute atomic E-state index is 0.268. The smallest absolute Gasteiger partial charge is 0.337 e. The number of hydrogen-bond donors (Lipinski definition) is 1. The number of aromatic nitrogens is 8. The molecule has 0 saturated heterocycles. The van der Waals surface area contributed by atoms with Crippen LogP contribution < -0.4 is 11.2 Å². The van der Waals surface area contributed by atoms with E-state index in [2.05, 4.69) is 25.6 Å². The Hall–Kier alpha value is -5.16. The van der Waals surface area contributed by atoms with Gasteiger partial charge in [-0.2, -0.15) is 5.21 Å². The average Bonchev–Trinajstić information content (AvgIpc) is 3.63. The van der Waals surface area contributed by atoms with Crippen molar-refractivity contribution in [1.29, 1.82) is 0 Å². The number of H-pyrrole nitrogens is 1. The fourth-order valence-electron chi connectivity index (χ4n) is 4.91. The molecule has 6 aromatic rings. The second-order valence-corrected chi connectivity index (χ2v) is 9.30. The van der Waals surface area contributed by atoms with E-state index in [1.54, 1.807) is 31.4 Å². The van der Waals surface area contributed by atoms with Crippen molar-refractivity contribution in [3.8, 4) is 28.2 Å². The zero-order valence-electron chi connectivity index (χ0n) is 22.0. The molecule has 3 aromatic carbocycles. The molecular weight excluding hydrogens is 508 g/mol. The largest absolute Gasteiger partial charge is 0.383 e. The molecule has 6 rings (SSSR count). The number of rotatable bonds is 8. The lowest BCUT2D eigenvalue weighted by Gasteiger charge is -2.13. The first kappa shape index (κ1) is 25.1. The standard InChI is InChI=1S/C29H26N8O3/c1-19-30-27-25(28(38)37(22-8-4-3-5-9-22)29(39)35(27)16-17-40-2)36(19)18-20-12-14-21(15-13-20)23-10-6-7-11-24(23)26-31-33-34-32-26/h3-15H,16-18H2,1-2H3,(H,31,32,33,34). The maximum Gasteiger partial charge on any atom is 0.337 e. The molecule has 3 aromatic heterocycles. The van der Waals surface area contributed by atoms with Crippen LogP contribution >= 0.6 is 0 Å². The number of hydrogen-bond acceptors (Lipinski definition) is 7. The molecule has 11 nitrogen and oxygen atoms in total. The van der Waals surface area contributed by atoms with Gasteiger partial charge in [0, 0.05) is 19.2 Å². The third-order valence-electron chi connectivity index (χ3n) is 6.88. The van der Waals surface area contributed by atoms with Crippen molar-refractivity contribution in [3.05, 3.63) is 111 Å². The van der Waals surface area contributed by atoms with Gasteiger partial charge in [0.15, 0.2) is 11.2 Å². The van der Waals surface area contributed by atoms with Gasteiger partial charge in [-0.1, -0.05) is 66.7 Å². The number of methoxy groups -OCH3 is 1. The molecular formula is C29H26N8O3. The van der Waals surface area contributed by atoms with Crippen molar-refractivity contribution in [2.75, 3.05) is 13.7 Å². The van der Waals surface area contributed by atoms with Crippen molar-refractivity contribution < 1.29 is 4.74 Å². The zero-order valence-corrected chi connectivity index (χ0v) is 22.0. The SMILES string of the molecule is COCCn1c(=O)n(-c2ccccc2)c(=O)c2c1nc(C)n2Cc1ccc(-c2ccccc2-c2nn[nH]n2)cc1. The van der Waals surface area contributed by atoms with Gasteiger partial charge in [0.1, 0.15) is 5.82 Å². The molecule has 0 atom stereocenters. The minimum Gasteiger partial charge on any atom is -0.383 e. The lowest BCUT2D eigenvalue weighted by atomic mass is 9.98. The highest BCUT2D eigenvalue weighted by molar-refractivity contribution is 5.80. The van der Waals surface area contributed by atoms with Gasteiger partial charge in [-0.05, 0) is 41.0 Å². The van der Waals surface area contributed by atoms with Gasteiger partial charge < -0.3 is 9.30 Å². The molecule has 40 heavy (non-hydrogen) atoms. The van der Waals surface area contributed by atoms with E-state index in [1.165, 1.54) is 9.13 Å². The topological polar surface area (TPSA) is 126 Å². The van der Waals surface area contributed by atoms with Crippen LogP contribution in [0.25, 0.3) is 39.4 Å². The number of para-hydroxylation sites is 1. The number of fused-ring (bicyclic) bond motifs is 1. The minimum atomic E-state index is -0.449. The molecule has 200 valence electrons. The van der Waals surface area contributed by atoms with Gasteiger partial charge >= 0.3 is 5.69 Å². The molecule has 0 aliphatic rings. The Morgan fingerprint density at radius 1 is 0.875 bits per heavy atom. The fraction of sp³-hybridized carbons (Fsp3) is 0.172. The van der Waals surface area contributed by atoms with Crippen LogP contribution in [0.5, 0.6) is 0 Å². The number of aromatic amines is 1. The van der Waals surface area contributed by atoms with E-state index in [-0.39, 0.29) is 6.54 Å². The molecule has 0 aliphatic heterocycles. The van der Waals surface area contributed by atoms with Gasteiger partial charge in [-0.3, -0.25) is 9.36 Å². The summed E-state index contributed by atoms with van der Waals surface area (Å²) in [7, 11) is 1.57. The van der Waals surface area contributed by atoms with E-state index in [4.69, 9.17) is 4.74 Å². The first-order valence-electron chi connectivity index (χ1n) is 12.8. The zero-order chi connectivity index (χ0) is 27.6.